The van der Waals surface area contributed by atoms with Crippen LogP contribution >= 0.6 is 15.9 Å². The molecule has 10 heavy (non-hydrogen) atoms. The fourth-order valence-electron chi connectivity index (χ4n) is 0.542. The topological polar surface area (TPSA) is 33.1 Å². The molecule has 0 aliphatic rings. The Bertz CT molecular complexity index is 237. The van der Waals surface area contributed by atoms with Crippen molar-refractivity contribution in [3.63, 3.8) is 0 Å². The van der Waals surface area contributed by atoms with Gasteiger partial charge in [0, 0.05) is 11.8 Å². The average molecular weight is 206 g/mol. The molecule has 0 saturated carbocycles. The van der Waals surface area contributed by atoms with Crippen LogP contribution in [0.25, 0.3) is 0 Å². The summed E-state index contributed by atoms with van der Waals surface area (Å²) >= 11 is 2.83. The number of rotatable bonds is 0. The Morgan fingerprint density at radius 3 is 2.80 bits per heavy atom. The van der Waals surface area contributed by atoms with Crippen molar-refractivity contribution >= 4 is 15.9 Å². The van der Waals surface area contributed by atoms with Crippen LogP contribution in [0.2, 0.25) is 0 Å². The largest absolute Gasteiger partial charge is 0.505 e. The van der Waals surface area contributed by atoms with E-state index in [9.17, 15) is 4.39 Å². The van der Waals surface area contributed by atoms with Gasteiger partial charge in [0.2, 0.25) is 0 Å². The Labute approximate surface area is 65.8 Å². The first kappa shape index (κ1) is 7.47. The van der Waals surface area contributed by atoms with Crippen LogP contribution in [0.1, 0.15) is 5.56 Å². The van der Waals surface area contributed by atoms with Crippen LogP contribution in [0.15, 0.2) is 10.8 Å². The van der Waals surface area contributed by atoms with Crippen molar-refractivity contribution in [2.24, 2.45) is 0 Å². The van der Waals surface area contributed by atoms with Gasteiger partial charge in [-0.05, 0) is 22.9 Å². The summed E-state index contributed by atoms with van der Waals surface area (Å²) in [5, 5.41) is 8.94. The highest BCUT2D eigenvalue weighted by molar-refractivity contribution is 9.10. The van der Waals surface area contributed by atoms with Gasteiger partial charge in [-0.15, -0.1) is 0 Å². The second-order valence-electron chi connectivity index (χ2n) is 1.89. The molecule has 0 unspecified atom stereocenters. The zero-order valence-electron chi connectivity index (χ0n) is 5.23. The fourth-order valence-corrected chi connectivity index (χ4v) is 0.832. The normalized spacial score (nSPS) is 9.90. The molecule has 0 radical (unpaired) electrons. The molecular weight excluding hydrogens is 201 g/mol. The first-order chi connectivity index (χ1) is 4.63. The summed E-state index contributed by atoms with van der Waals surface area (Å²) in [6, 6.07) is 0. The molecule has 2 nitrogen and oxygen atoms in total. The Kier molecular flexibility index (Phi) is 1.89. The highest BCUT2D eigenvalue weighted by Gasteiger charge is 2.07. The number of nitrogens with zero attached hydrogens (tertiary/aromatic N) is 1. The van der Waals surface area contributed by atoms with Crippen molar-refractivity contribution in [2.45, 2.75) is 6.92 Å². The third-order valence-corrected chi connectivity index (χ3v) is 1.69. The Morgan fingerprint density at radius 1 is 1.70 bits per heavy atom. The first-order valence-electron chi connectivity index (χ1n) is 2.62. The van der Waals surface area contributed by atoms with E-state index in [0.717, 1.165) is 0 Å². The predicted octanol–water partition coefficient (Wildman–Crippen LogP) is 2.00. The maximum atomic E-state index is 12.6. The number of pyridine rings is 1. The van der Waals surface area contributed by atoms with Crippen LogP contribution in [0.3, 0.4) is 0 Å². The lowest BCUT2D eigenvalue weighted by atomic mass is 10.3. The van der Waals surface area contributed by atoms with E-state index >= 15 is 0 Å². The highest BCUT2D eigenvalue weighted by atomic mass is 79.9. The van der Waals surface area contributed by atoms with Gasteiger partial charge in [0.15, 0.2) is 11.6 Å². The number of aryl methyl sites for hydroxylation is 1. The second-order valence-corrected chi connectivity index (χ2v) is 2.65. The van der Waals surface area contributed by atoms with Gasteiger partial charge in [0.05, 0.1) is 0 Å². The van der Waals surface area contributed by atoms with Crippen molar-refractivity contribution in [3.8, 4) is 5.75 Å². The van der Waals surface area contributed by atoms with E-state index in [1.165, 1.54) is 6.20 Å². The van der Waals surface area contributed by atoms with Crippen LogP contribution in [-0.4, -0.2) is 10.1 Å². The summed E-state index contributed by atoms with van der Waals surface area (Å²) in [7, 11) is 0. The van der Waals surface area contributed by atoms with E-state index in [4.69, 9.17) is 5.11 Å². The lowest BCUT2D eigenvalue weighted by Gasteiger charge is -1.98. The van der Waals surface area contributed by atoms with Crippen molar-refractivity contribution in [2.75, 3.05) is 0 Å². The van der Waals surface area contributed by atoms with E-state index in [2.05, 4.69) is 20.9 Å². The maximum Gasteiger partial charge on any atom is 0.197 e. The summed E-state index contributed by atoms with van der Waals surface area (Å²) in [6.07, 6.45) is 1.39. The smallest absolute Gasteiger partial charge is 0.197 e. The molecule has 0 atom stereocenters. The average Bonchev–Trinajstić information content (AvgIpc) is 1.93. The lowest BCUT2D eigenvalue weighted by Crippen LogP contribution is -1.86. The molecule has 0 aromatic carbocycles. The summed E-state index contributed by atoms with van der Waals surface area (Å²) in [5.41, 5.74) is 0.431. The summed E-state index contributed by atoms with van der Waals surface area (Å²) < 4.78 is 12.7. The Hall–Kier alpha value is -0.640. The molecule has 4 heteroatoms. The van der Waals surface area contributed by atoms with Gasteiger partial charge in [-0.3, -0.25) is 0 Å². The van der Waals surface area contributed by atoms with Gasteiger partial charge in [-0.2, -0.15) is 4.39 Å². The van der Waals surface area contributed by atoms with Gasteiger partial charge in [0.1, 0.15) is 4.60 Å². The van der Waals surface area contributed by atoms with Gasteiger partial charge in [-0.1, -0.05) is 0 Å². The van der Waals surface area contributed by atoms with Gasteiger partial charge in [0.25, 0.3) is 0 Å². The Balaban J connectivity index is 3.34. The number of hydrogen-bond acceptors (Lipinski definition) is 2. The molecule has 1 aromatic rings. The minimum absolute atomic E-state index is 0.0376. The zero-order valence-corrected chi connectivity index (χ0v) is 6.81. The molecule has 0 bridgehead atoms. The molecule has 0 aliphatic heterocycles. The summed E-state index contributed by atoms with van der Waals surface area (Å²) in [6.45, 7) is 1.58. The molecular formula is C6H5BrFNO. The number of halogens is 2. The minimum Gasteiger partial charge on any atom is -0.505 e. The first-order valence-corrected chi connectivity index (χ1v) is 3.42. The van der Waals surface area contributed by atoms with Gasteiger partial charge >= 0.3 is 0 Å². The quantitative estimate of drug-likeness (QED) is 0.658. The standard InChI is InChI=1S/C6H5BrFNO/c1-3-2-9-6(7)4(8)5(3)10/h2H,1H3,(H,9,10). The monoisotopic (exact) mass is 205 g/mol. The molecule has 1 aromatic heterocycles. The van der Waals surface area contributed by atoms with Crippen molar-refractivity contribution < 1.29 is 9.50 Å². The van der Waals surface area contributed by atoms with E-state index in [-0.39, 0.29) is 10.4 Å². The van der Waals surface area contributed by atoms with Crippen LogP contribution < -0.4 is 0 Å². The molecule has 0 saturated heterocycles. The van der Waals surface area contributed by atoms with Crippen LogP contribution in [0.4, 0.5) is 4.39 Å². The second kappa shape index (κ2) is 2.54. The molecule has 54 valence electrons. The number of aromatic hydroxyl groups is 1. The molecule has 0 aliphatic carbocycles. The van der Waals surface area contributed by atoms with Crippen molar-refractivity contribution in [1.82, 2.24) is 4.98 Å². The molecule has 0 amide bonds. The van der Waals surface area contributed by atoms with Crippen molar-refractivity contribution in [3.05, 3.63) is 22.2 Å². The van der Waals surface area contributed by atoms with E-state index in [1.807, 2.05) is 0 Å². The molecule has 0 spiro atoms. The third kappa shape index (κ3) is 1.11. The lowest BCUT2D eigenvalue weighted by molar-refractivity contribution is 0.423. The van der Waals surface area contributed by atoms with Gasteiger partial charge in [-0.25, -0.2) is 4.98 Å². The molecule has 1 heterocycles. The van der Waals surface area contributed by atoms with E-state index in [1.54, 1.807) is 6.92 Å². The summed E-state index contributed by atoms with van der Waals surface area (Å²) in [5.74, 6) is -1.05. The fraction of sp³-hybridized carbons (Fsp3) is 0.167. The molecule has 0 fully saturated rings. The number of hydrogen-bond donors (Lipinski definition) is 1. The van der Waals surface area contributed by atoms with Crippen LogP contribution in [-0.2, 0) is 0 Å². The maximum absolute atomic E-state index is 12.6. The van der Waals surface area contributed by atoms with Crippen molar-refractivity contribution in [1.29, 1.82) is 0 Å². The van der Waals surface area contributed by atoms with E-state index in [0.29, 0.717) is 5.56 Å². The van der Waals surface area contributed by atoms with Crippen LogP contribution in [0, 0.1) is 12.7 Å². The Morgan fingerprint density at radius 2 is 2.30 bits per heavy atom. The minimum atomic E-state index is -0.708. The SMILES string of the molecule is Cc1cnc(Br)c(F)c1O. The third-order valence-electron chi connectivity index (χ3n) is 1.13. The predicted molar refractivity (Wildman–Crippen MR) is 38.3 cm³/mol. The van der Waals surface area contributed by atoms with Crippen LogP contribution in [0.5, 0.6) is 5.75 Å². The summed E-state index contributed by atoms with van der Waals surface area (Å²) in [4.78, 5) is 3.62. The molecule has 1 N–H and O–H groups in total. The molecule has 1 rings (SSSR count). The highest BCUT2D eigenvalue weighted by Crippen LogP contribution is 2.24. The van der Waals surface area contributed by atoms with E-state index < -0.39 is 5.82 Å². The van der Waals surface area contributed by atoms with Gasteiger partial charge < -0.3 is 5.11 Å². The number of aromatic nitrogens is 1. The zero-order chi connectivity index (χ0) is 7.72.